The average molecular weight is 413 g/mol. The van der Waals surface area contributed by atoms with Crippen LogP contribution in [0.15, 0.2) is 4.99 Å². The van der Waals surface area contributed by atoms with E-state index >= 15 is 0 Å². The van der Waals surface area contributed by atoms with Crippen molar-refractivity contribution in [3.8, 4) is 0 Å². The first-order chi connectivity index (χ1) is 13.8. The zero-order chi connectivity index (χ0) is 22.1. The van der Waals surface area contributed by atoms with Gasteiger partial charge in [0.1, 0.15) is 5.78 Å². The lowest BCUT2D eigenvalue weighted by Crippen LogP contribution is -2.45. The second-order valence-electron chi connectivity index (χ2n) is 8.42. The van der Waals surface area contributed by atoms with Gasteiger partial charge in [0.25, 0.3) is 0 Å². The number of nitrogens with zero attached hydrogens (tertiary/aromatic N) is 3. The summed E-state index contributed by atoms with van der Waals surface area (Å²) < 4.78 is 0. The van der Waals surface area contributed by atoms with Crippen molar-refractivity contribution in [2.75, 3.05) is 78.5 Å². The van der Waals surface area contributed by atoms with Crippen LogP contribution in [-0.2, 0) is 4.79 Å². The van der Waals surface area contributed by atoms with E-state index in [-0.39, 0.29) is 11.7 Å². The highest BCUT2D eigenvalue weighted by Gasteiger charge is 2.08. The zero-order valence-corrected chi connectivity index (χ0v) is 20.0. The number of Topliss-reactive ketones (excluding diaryl/α,β-unsaturated/α-hetero) is 1. The lowest BCUT2D eigenvalue weighted by Gasteiger charge is -2.26. The Labute approximate surface area is 179 Å². The first-order valence-electron chi connectivity index (χ1n) is 11.4. The molecule has 0 amide bonds. The minimum absolute atomic E-state index is 0.213. The summed E-state index contributed by atoms with van der Waals surface area (Å²) in [5.74, 6) is 1.07. The molecule has 0 saturated carbocycles. The van der Waals surface area contributed by atoms with Crippen LogP contribution in [0.25, 0.3) is 0 Å². The molecular formula is C22H48N6O. The van der Waals surface area contributed by atoms with Crippen molar-refractivity contribution < 1.29 is 4.79 Å². The van der Waals surface area contributed by atoms with Gasteiger partial charge < -0.3 is 16.4 Å². The Morgan fingerprint density at radius 3 is 1.62 bits per heavy atom. The van der Waals surface area contributed by atoms with Gasteiger partial charge in [0, 0.05) is 83.6 Å². The molecule has 0 aliphatic carbocycles. The van der Waals surface area contributed by atoms with Gasteiger partial charge >= 0.3 is 0 Å². The van der Waals surface area contributed by atoms with Crippen LogP contribution < -0.4 is 16.4 Å². The van der Waals surface area contributed by atoms with Gasteiger partial charge in [-0.3, -0.25) is 19.6 Å². The number of nitrogens with two attached hydrogens (primary N) is 1. The fourth-order valence-electron chi connectivity index (χ4n) is 2.60. The third-order valence-corrected chi connectivity index (χ3v) is 5.29. The van der Waals surface area contributed by atoms with Crippen LogP contribution in [0.5, 0.6) is 0 Å². The summed E-state index contributed by atoms with van der Waals surface area (Å²) in [6.45, 7) is 25.0. The molecule has 172 valence electrons. The number of piperazine rings is 2. The second-order valence-corrected chi connectivity index (χ2v) is 8.42. The number of hydrogen-bond donors (Lipinski definition) is 3. The molecule has 29 heavy (non-hydrogen) atoms. The summed E-state index contributed by atoms with van der Waals surface area (Å²) in [6, 6.07) is 0. The Morgan fingerprint density at radius 2 is 1.28 bits per heavy atom. The van der Waals surface area contributed by atoms with E-state index in [2.05, 4.69) is 46.2 Å². The first kappa shape index (κ1) is 28.1. The van der Waals surface area contributed by atoms with Crippen molar-refractivity contribution in [1.29, 1.82) is 0 Å². The molecule has 0 spiro atoms. The minimum Gasteiger partial charge on any atom is -0.329 e. The Bertz CT molecular complexity index is 424. The van der Waals surface area contributed by atoms with Crippen LogP contribution in [0.4, 0.5) is 0 Å². The predicted octanol–water partition coefficient (Wildman–Crippen LogP) is 1.09. The van der Waals surface area contributed by atoms with E-state index in [0.29, 0.717) is 5.92 Å². The van der Waals surface area contributed by atoms with Gasteiger partial charge in [-0.2, -0.15) is 0 Å². The molecule has 0 bridgehead atoms. The summed E-state index contributed by atoms with van der Waals surface area (Å²) in [6.07, 6.45) is 0. The van der Waals surface area contributed by atoms with E-state index in [0.717, 1.165) is 65.4 Å². The summed E-state index contributed by atoms with van der Waals surface area (Å²) in [5.41, 5.74) is 6.68. The number of hydrogen-bond acceptors (Lipinski definition) is 7. The van der Waals surface area contributed by atoms with Crippen molar-refractivity contribution in [3.63, 3.8) is 0 Å². The Kier molecular flexibility index (Phi) is 17.4. The Hall–Kier alpha value is -0.860. The zero-order valence-electron chi connectivity index (χ0n) is 20.0. The standard InChI is InChI=1S/C11H23N3.C6H15N3.C5H10O/c1-10(2)11(3)13-6-9-14-7-4-12-5-8-14;7-1-4-9-5-2-8-3-6-9;1-4(2)5(3)6/h10,12H,4-9H2,1-3H3;8H,1-7H2;4H,1-3H3. The van der Waals surface area contributed by atoms with Crippen molar-refractivity contribution in [3.05, 3.63) is 0 Å². The number of carbonyl (C=O) groups is 1. The third-order valence-electron chi connectivity index (χ3n) is 5.29. The smallest absolute Gasteiger partial charge is 0.132 e. The van der Waals surface area contributed by atoms with E-state index in [1.807, 2.05) is 13.8 Å². The fraction of sp³-hybridized carbons (Fsp3) is 0.909. The van der Waals surface area contributed by atoms with Crippen molar-refractivity contribution >= 4 is 11.5 Å². The molecule has 0 aromatic carbocycles. The van der Waals surface area contributed by atoms with Crippen LogP contribution in [0.2, 0.25) is 0 Å². The largest absolute Gasteiger partial charge is 0.329 e. The van der Waals surface area contributed by atoms with Crippen LogP contribution in [0, 0.1) is 11.8 Å². The SMILES string of the molecule is CC(=NCCN1CCNCC1)C(C)C.CC(=O)C(C)C.NCCN1CCNCC1. The van der Waals surface area contributed by atoms with Crippen molar-refractivity contribution in [1.82, 2.24) is 20.4 Å². The molecule has 0 unspecified atom stereocenters. The molecule has 2 fully saturated rings. The van der Waals surface area contributed by atoms with E-state index in [1.54, 1.807) is 6.92 Å². The highest BCUT2D eigenvalue weighted by molar-refractivity contribution is 5.83. The number of ketones is 1. The van der Waals surface area contributed by atoms with Crippen LogP contribution in [-0.4, -0.2) is 99.8 Å². The van der Waals surface area contributed by atoms with E-state index in [9.17, 15) is 4.79 Å². The molecule has 0 radical (unpaired) electrons. The average Bonchev–Trinajstić information content (AvgIpc) is 2.70. The quantitative estimate of drug-likeness (QED) is 0.543. The van der Waals surface area contributed by atoms with Gasteiger partial charge in [-0.1, -0.05) is 27.7 Å². The van der Waals surface area contributed by atoms with Crippen LogP contribution >= 0.6 is 0 Å². The predicted molar refractivity (Wildman–Crippen MR) is 126 cm³/mol. The van der Waals surface area contributed by atoms with Gasteiger partial charge in [-0.15, -0.1) is 0 Å². The molecule has 0 aromatic heterocycles. The number of nitrogens with one attached hydrogen (secondary N) is 2. The molecule has 2 aliphatic heterocycles. The minimum atomic E-state index is 0.213. The van der Waals surface area contributed by atoms with Crippen molar-refractivity contribution in [2.24, 2.45) is 22.6 Å². The van der Waals surface area contributed by atoms with E-state index in [1.165, 1.54) is 18.8 Å². The van der Waals surface area contributed by atoms with Crippen molar-refractivity contribution in [2.45, 2.75) is 41.5 Å². The van der Waals surface area contributed by atoms with Gasteiger partial charge in [-0.05, 0) is 19.8 Å². The fourth-order valence-corrected chi connectivity index (χ4v) is 2.60. The van der Waals surface area contributed by atoms with Gasteiger partial charge in [-0.25, -0.2) is 0 Å². The highest BCUT2D eigenvalue weighted by atomic mass is 16.1. The third kappa shape index (κ3) is 16.6. The van der Waals surface area contributed by atoms with Gasteiger partial charge in [0.15, 0.2) is 0 Å². The maximum atomic E-state index is 10.1. The molecule has 7 heteroatoms. The van der Waals surface area contributed by atoms with E-state index < -0.39 is 0 Å². The van der Waals surface area contributed by atoms with Crippen LogP contribution in [0.3, 0.4) is 0 Å². The molecule has 2 heterocycles. The summed E-state index contributed by atoms with van der Waals surface area (Å²) >= 11 is 0. The van der Waals surface area contributed by atoms with Crippen LogP contribution in [0.1, 0.15) is 41.5 Å². The summed E-state index contributed by atoms with van der Waals surface area (Å²) in [5, 5.41) is 6.65. The topological polar surface area (TPSA) is 86.0 Å². The number of rotatable bonds is 7. The van der Waals surface area contributed by atoms with Gasteiger partial charge in [0.05, 0.1) is 6.54 Å². The molecule has 2 aliphatic rings. The summed E-state index contributed by atoms with van der Waals surface area (Å²) in [7, 11) is 0. The molecule has 7 nitrogen and oxygen atoms in total. The molecule has 0 atom stereocenters. The van der Waals surface area contributed by atoms with E-state index in [4.69, 9.17) is 5.73 Å². The number of aliphatic imine (C=N–C) groups is 1. The first-order valence-corrected chi connectivity index (χ1v) is 11.4. The number of carbonyl (C=O) groups excluding carboxylic acids is 1. The molecular weight excluding hydrogens is 364 g/mol. The normalized spacial score (nSPS) is 18.7. The molecule has 2 rings (SSSR count). The Morgan fingerprint density at radius 1 is 0.862 bits per heavy atom. The summed E-state index contributed by atoms with van der Waals surface area (Å²) in [4.78, 5) is 19.6. The van der Waals surface area contributed by atoms with Gasteiger partial charge in [0.2, 0.25) is 0 Å². The maximum absolute atomic E-state index is 10.1. The monoisotopic (exact) mass is 412 g/mol. The molecule has 0 aromatic rings. The molecule has 2 saturated heterocycles. The molecule has 4 N–H and O–H groups in total. The lowest BCUT2D eigenvalue weighted by atomic mass is 10.1. The maximum Gasteiger partial charge on any atom is 0.132 e. The Balaban J connectivity index is 0.000000448. The second kappa shape index (κ2) is 18.0. The lowest BCUT2D eigenvalue weighted by molar-refractivity contribution is -0.119. The highest BCUT2D eigenvalue weighted by Crippen LogP contribution is 1.97.